The van der Waals surface area contributed by atoms with Gasteiger partial charge in [0.25, 0.3) is 0 Å². The largest absolute Gasteiger partial charge is 2.00 e. The van der Waals surface area contributed by atoms with Crippen LogP contribution in [0.25, 0.3) is 0 Å². The van der Waals surface area contributed by atoms with Gasteiger partial charge in [0, 0.05) is 23.0 Å². The van der Waals surface area contributed by atoms with Crippen LogP contribution in [0, 0.1) is 0 Å². The molecule has 0 N–H and O–H groups in total. The van der Waals surface area contributed by atoms with Gasteiger partial charge in [-0.25, -0.2) is 0 Å². The van der Waals surface area contributed by atoms with Gasteiger partial charge >= 0.3 is 19.5 Å². The van der Waals surface area contributed by atoms with Crippen molar-refractivity contribution in [3.8, 4) is 0 Å². The Balaban J connectivity index is -0.00000152. The Morgan fingerprint density at radius 2 is 0.265 bits per heavy atom. The minimum Gasteiger partial charge on any atom is -0.784 e. The summed E-state index contributed by atoms with van der Waals surface area (Å²) >= 11 is 4.87. The number of hydrogen-bond donors (Lipinski definition) is 0. The molecule has 0 atom stereocenters. The molecule has 0 aliphatic rings. The van der Waals surface area contributed by atoms with E-state index >= 15 is 0 Å². The molecule has 0 spiro atoms. The van der Waals surface area contributed by atoms with Gasteiger partial charge in [-0.1, -0.05) is 413 Å². The van der Waals surface area contributed by atoms with E-state index in [0.29, 0.717) is 0 Å². The Hall–Kier alpha value is 2.40. The molecule has 0 radical (unpaired) electrons. The van der Waals surface area contributed by atoms with Gasteiger partial charge in [0.15, 0.2) is 0 Å². The van der Waals surface area contributed by atoms with Crippen LogP contribution in [0.4, 0.5) is 0 Å². The first kappa shape index (κ1) is 89.6. The average molecular weight is 1330 g/mol. The van der Waals surface area contributed by atoms with Crippen LogP contribution in [0.5, 0.6) is 0 Å². The molecule has 496 valence electrons. The van der Waals surface area contributed by atoms with E-state index in [1.54, 1.807) is 0 Å². The summed E-state index contributed by atoms with van der Waals surface area (Å²) in [7, 11) is 0. The van der Waals surface area contributed by atoms with Crippen molar-refractivity contribution in [2.75, 3.05) is 23.0 Å². The fraction of sp³-hybridized carbons (Fsp3) is 1.00. The summed E-state index contributed by atoms with van der Waals surface area (Å²) in [5, 5.41) is 0. The van der Waals surface area contributed by atoms with E-state index in [0.717, 1.165) is 48.7 Å². The van der Waals surface area contributed by atoms with Crippen LogP contribution in [0.15, 0.2) is 0 Å². The van der Waals surface area contributed by atoms with E-state index in [1.807, 2.05) is 0 Å². The van der Waals surface area contributed by atoms with Crippen molar-refractivity contribution in [2.24, 2.45) is 0 Å². The summed E-state index contributed by atoms with van der Waals surface area (Å²) in [6.45, 7) is 9.15. The van der Waals surface area contributed by atoms with E-state index in [2.05, 4.69) is 27.7 Å². The van der Waals surface area contributed by atoms with Crippen LogP contribution in [0.1, 0.15) is 439 Å². The second kappa shape index (κ2) is 78.6. The maximum Gasteiger partial charge on any atom is 2.00 e. The molecule has 0 amide bonds. The first-order valence-electron chi connectivity index (χ1n) is 37.4. The Labute approximate surface area is 552 Å². The van der Waals surface area contributed by atoms with E-state index in [-0.39, 0.29) is 19.5 Å². The topological polar surface area (TPSA) is 80.3 Å². The molecule has 4 nitrogen and oxygen atoms in total. The standard InChI is InChI=1S/2C36H75O2PS2.Zn/c2*1-3-5-7-9-11-13-15-17-19-21-23-25-27-29-31-33-35-40-39(37,38)41-36-34-32-30-28-26-24-22-20-18-16-14-12-10-8-6-4-2;/h2*3-36H2,1-2H3,(H,37,38);/q;;+2/p-2. The molecule has 0 fully saturated rings. The summed E-state index contributed by atoms with van der Waals surface area (Å²) in [5.74, 6) is -3.45. The van der Waals surface area contributed by atoms with Gasteiger partial charge in [-0.3, -0.25) is 0 Å². The molecular formula is C72H148O4P2S4Zn. The summed E-state index contributed by atoms with van der Waals surface area (Å²) < 4.78 is 24.6. The molecular weight excluding hydrogens is 1180 g/mol. The molecule has 0 aromatic carbocycles. The van der Waals surface area contributed by atoms with Gasteiger partial charge < -0.3 is 18.9 Å². The minimum absolute atomic E-state index is 0. The van der Waals surface area contributed by atoms with Crippen molar-refractivity contribution in [2.45, 2.75) is 439 Å². The molecule has 0 bridgehead atoms. The Kier molecular flexibility index (Phi) is 84.9. The van der Waals surface area contributed by atoms with E-state index < -0.39 is 11.5 Å². The molecule has 0 aliphatic carbocycles. The third-order valence-corrected chi connectivity index (χ3v) is 29.9. The first-order valence-corrected chi connectivity index (χ1v) is 47.1. The maximum absolute atomic E-state index is 12.3. The van der Waals surface area contributed by atoms with Crippen molar-refractivity contribution >= 4 is 57.1 Å². The van der Waals surface area contributed by atoms with Crippen molar-refractivity contribution in [3.63, 3.8) is 0 Å². The molecule has 0 rings (SSSR count). The van der Waals surface area contributed by atoms with Crippen LogP contribution in [-0.4, -0.2) is 23.0 Å². The Morgan fingerprint density at radius 3 is 0.361 bits per heavy atom. The minimum atomic E-state index is -3.29. The normalized spacial score (nSPS) is 11.8. The van der Waals surface area contributed by atoms with Gasteiger partial charge in [0.2, 0.25) is 0 Å². The molecule has 0 aromatic rings. The fourth-order valence-corrected chi connectivity index (χ4v) is 22.5. The monoisotopic (exact) mass is 1330 g/mol. The summed E-state index contributed by atoms with van der Waals surface area (Å²) in [4.78, 5) is 24.6. The van der Waals surface area contributed by atoms with Crippen molar-refractivity contribution < 1.29 is 38.4 Å². The predicted octanol–water partition coefficient (Wildman–Crippen LogP) is 28.9. The summed E-state index contributed by atoms with van der Waals surface area (Å²) in [5.41, 5.74) is 0. The van der Waals surface area contributed by atoms with Crippen molar-refractivity contribution in [1.82, 2.24) is 0 Å². The van der Waals surface area contributed by atoms with Crippen LogP contribution >= 0.6 is 57.1 Å². The molecule has 0 aromatic heterocycles. The Bertz CT molecular complexity index is 1080. The van der Waals surface area contributed by atoms with Gasteiger partial charge in [-0.15, -0.1) is 45.5 Å². The molecule has 11 heteroatoms. The molecule has 83 heavy (non-hydrogen) atoms. The van der Waals surface area contributed by atoms with Crippen LogP contribution in [-0.2, 0) is 28.6 Å². The number of hydrogen-bond acceptors (Lipinski definition) is 8. The zero-order valence-electron chi connectivity index (χ0n) is 57.0. The quantitative estimate of drug-likeness (QED) is 0.0339. The second-order valence-corrected chi connectivity index (χ2v) is 40.1. The number of unbranched alkanes of at least 4 members (excludes halogenated alkanes) is 60. The fourth-order valence-electron chi connectivity index (χ4n) is 11.4. The van der Waals surface area contributed by atoms with Crippen molar-refractivity contribution in [1.29, 1.82) is 0 Å². The Morgan fingerprint density at radius 1 is 0.181 bits per heavy atom. The van der Waals surface area contributed by atoms with E-state index in [9.17, 15) is 18.9 Å². The zero-order chi connectivity index (χ0) is 59.9. The molecule has 0 saturated carbocycles. The molecule has 0 heterocycles. The third kappa shape index (κ3) is 84.4. The van der Waals surface area contributed by atoms with Gasteiger partial charge in [0.05, 0.1) is 0 Å². The smallest absolute Gasteiger partial charge is 0.784 e. The zero-order valence-corrected chi connectivity index (χ0v) is 65.0. The average Bonchev–Trinajstić information content (AvgIpc) is 3.46. The van der Waals surface area contributed by atoms with E-state index in [1.165, 1.54) is 431 Å². The van der Waals surface area contributed by atoms with E-state index in [4.69, 9.17) is 0 Å². The SMILES string of the molecule is CCCCCCCCCCCCCCCCCCSP(=O)([O-])SCCCCCCCCCCCCCCCCCC.CCCCCCCCCCCCCCCCCCSP(=O)([O-])SCCCCCCCCCCCCCCCCCC.[Zn+2]. The molecule has 0 unspecified atom stereocenters. The predicted molar refractivity (Wildman–Crippen MR) is 383 cm³/mol. The molecule has 0 aliphatic heterocycles. The van der Waals surface area contributed by atoms with Gasteiger partial charge in [0.1, 0.15) is 11.5 Å². The van der Waals surface area contributed by atoms with Crippen LogP contribution in [0.2, 0.25) is 0 Å². The van der Waals surface area contributed by atoms with Crippen LogP contribution < -0.4 is 9.79 Å². The second-order valence-electron chi connectivity index (χ2n) is 25.4. The first-order chi connectivity index (χ1) is 40.2. The summed E-state index contributed by atoms with van der Waals surface area (Å²) in [6, 6.07) is 0. The van der Waals surface area contributed by atoms with Gasteiger partial charge in [-0.2, -0.15) is 0 Å². The maximum atomic E-state index is 12.3. The molecule has 0 saturated heterocycles. The van der Waals surface area contributed by atoms with Gasteiger partial charge in [-0.05, 0) is 25.7 Å². The third-order valence-electron chi connectivity index (χ3n) is 17.0. The summed E-state index contributed by atoms with van der Waals surface area (Å²) in [6.07, 6.45) is 87.2. The van der Waals surface area contributed by atoms with Crippen molar-refractivity contribution in [3.05, 3.63) is 0 Å². The number of rotatable bonds is 72. The van der Waals surface area contributed by atoms with Crippen LogP contribution in [0.3, 0.4) is 0 Å².